The molecule has 7 rings (SSSR count). The quantitative estimate of drug-likeness (QED) is 0.244. The largest absolute Gasteiger partial charge is 0.354 e. The van der Waals surface area contributed by atoms with Crippen LogP contribution in [0, 0.1) is 0 Å². The molecular weight excluding hydrogens is 468 g/mol. The molecule has 156 valence electrons. The van der Waals surface area contributed by atoms with E-state index in [1.54, 1.807) is 0 Å². The zero-order chi connectivity index (χ0) is 21.9. The Balaban J connectivity index is 1.33. The molecule has 0 amide bonds. The number of halogens is 1. The lowest BCUT2D eigenvalue weighted by molar-refractivity contribution is 1.52. The summed E-state index contributed by atoms with van der Waals surface area (Å²) in [5.41, 5.74) is 9.55. The van der Waals surface area contributed by atoms with Crippen molar-refractivity contribution in [2.45, 2.75) is 0 Å². The van der Waals surface area contributed by atoms with Gasteiger partial charge in [0.25, 0.3) is 0 Å². The Labute approximate surface area is 199 Å². The van der Waals surface area contributed by atoms with Crippen molar-refractivity contribution in [1.82, 2.24) is 9.97 Å². The molecule has 0 aliphatic heterocycles. The maximum absolute atomic E-state index is 3.66. The Hall–Kier alpha value is -3.82. The maximum atomic E-state index is 3.66. The predicted octanol–water partition coefficient (Wildman–Crippen LogP) is 9.05. The number of nitrogens with one attached hydrogen (secondary N) is 2. The number of hydrogen-bond acceptors (Lipinski definition) is 0. The van der Waals surface area contributed by atoms with Crippen molar-refractivity contribution in [2.75, 3.05) is 0 Å². The fourth-order valence-electron chi connectivity index (χ4n) is 5.02. The lowest BCUT2D eigenvalue weighted by Crippen LogP contribution is -1.82. The first kappa shape index (κ1) is 18.7. The number of rotatable bonds is 2. The fourth-order valence-corrected chi connectivity index (χ4v) is 5.49. The Morgan fingerprint density at radius 1 is 0.455 bits per heavy atom. The monoisotopic (exact) mass is 486 g/mol. The molecule has 0 radical (unpaired) electrons. The van der Waals surface area contributed by atoms with Gasteiger partial charge in [-0.15, -0.1) is 0 Å². The van der Waals surface area contributed by atoms with Crippen LogP contribution in [0.5, 0.6) is 0 Å². The van der Waals surface area contributed by atoms with Crippen molar-refractivity contribution in [3.8, 4) is 22.3 Å². The Bertz CT molecular complexity index is 1820. The van der Waals surface area contributed by atoms with Crippen molar-refractivity contribution >= 4 is 59.5 Å². The van der Waals surface area contributed by atoms with Crippen LogP contribution in [0.4, 0.5) is 0 Å². The van der Waals surface area contributed by atoms with Crippen LogP contribution in [0.25, 0.3) is 65.9 Å². The molecule has 2 heterocycles. The van der Waals surface area contributed by atoms with Gasteiger partial charge in [0.2, 0.25) is 0 Å². The van der Waals surface area contributed by atoms with E-state index in [2.05, 4.69) is 129 Å². The summed E-state index contributed by atoms with van der Waals surface area (Å²) in [7, 11) is 0. The lowest BCUT2D eigenvalue weighted by atomic mass is 9.98. The van der Waals surface area contributed by atoms with Gasteiger partial charge in [-0.05, 0) is 56.9 Å². The SMILES string of the molecule is Brc1cccc2c1[nH]c1ccc(-c3ccc(-c4cccc5c4[nH]c4ccccc45)cc3)cc12. The van der Waals surface area contributed by atoms with Gasteiger partial charge in [-0.1, -0.05) is 78.9 Å². The molecule has 0 spiro atoms. The topological polar surface area (TPSA) is 31.6 Å². The molecule has 0 atom stereocenters. The number of benzene rings is 5. The molecule has 0 aliphatic rings. The molecule has 7 aromatic rings. The summed E-state index contributed by atoms with van der Waals surface area (Å²) in [5.74, 6) is 0. The molecular formula is C30H19BrN2. The van der Waals surface area contributed by atoms with Crippen molar-refractivity contribution in [3.63, 3.8) is 0 Å². The van der Waals surface area contributed by atoms with Crippen LogP contribution < -0.4 is 0 Å². The first-order chi connectivity index (χ1) is 16.3. The number of aromatic amines is 2. The molecule has 0 aliphatic carbocycles. The third-order valence-electron chi connectivity index (χ3n) is 6.65. The second-order valence-electron chi connectivity index (χ2n) is 8.52. The molecule has 2 N–H and O–H groups in total. The van der Waals surface area contributed by atoms with Gasteiger partial charge < -0.3 is 9.97 Å². The normalized spacial score (nSPS) is 11.8. The zero-order valence-corrected chi connectivity index (χ0v) is 19.3. The van der Waals surface area contributed by atoms with E-state index in [-0.39, 0.29) is 0 Å². The highest BCUT2D eigenvalue weighted by atomic mass is 79.9. The fraction of sp³-hybridized carbons (Fsp3) is 0. The molecule has 2 nitrogen and oxygen atoms in total. The van der Waals surface area contributed by atoms with Crippen molar-refractivity contribution in [2.24, 2.45) is 0 Å². The predicted molar refractivity (Wildman–Crippen MR) is 144 cm³/mol. The van der Waals surface area contributed by atoms with Crippen LogP contribution in [0.15, 0.2) is 108 Å². The highest BCUT2D eigenvalue weighted by molar-refractivity contribution is 9.10. The Morgan fingerprint density at radius 3 is 1.97 bits per heavy atom. The van der Waals surface area contributed by atoms with Crippen LogP contribution in [0.2, 0.25) is 0 Å². The Morgan fingerprint density at radius 2 is 1.09 bits per heavy atom. The second kappa shape index (κ2) is 7.09. The summed E-state index contributed by atoms with van der Waals surface area (Å²) in [6.45, 7) is 0. The van der Waals surface area contributed by atoms with Gasteiger partial charge in [-0.2, -0.15) is 0 Å². The molecule has 5 aromatic carbocycles. The summed E-state index contributed by atoms with van der Waals surface area (Å²) in [4.78, 5) is 7.16. The first-order valence-electron chi connectivity index (χ1n) is 11.1. The second-order valence-corrected chi connectivity index (χ2v) is 9.38. The molecule has 33 heavy (non-hydrogen) atoms. The summed E-state index contributed by atoms with van der Waals surface area (Å²) < 4.78 is 1.09. The lowest BCUT2D eigenvalue weighted by Gasteiger charge is -2.07. The third kappa shape index (κ3) is 2.86. The molecule has 0 fully saturated rings. The minimum atomic E-state index is 1.09. The van der Waals surface area contributed by atoms with E-state index < -0.39 is 0 Å². The van der Waals surface area contributed by atoms with Crippen molar-refractivity contribution in [3.05, 3.63) is 108 Å². The van der Waals surface area contributed by atoms with Crippen LogP contribution in [-0.4, -0.2) is 9.97 Å². The average molecular weight is 487 g/mol. The van der Waals surface area contributed by atoms with Crippen LogP contribution in [0.1, 0.15) is 0 Å². The first-order valence-corrected chi connectivity index (χ1v) is 11.9. The van der Waals surface area contributed by atoms with Crippen LogP contribution in [0.3, 0.4) is 0 Å². The summed E-state index contributed by atoms with van der Waals surface area (Å²) in [6, 6.07) is 36.9. The van der Waals surface area contributed by atoms with E-state index in [1.807, 2.05) is 0 Å². The van der Waals surface area contributed by atoms with E-state index in [1.165, 1.54) is 54.8 Å². The number of aromatic nitrogens is 2. The van der Waals surface area contributed by atoms with Gasteiger partial charge in [-0.25, -0.2) is 0 Å². The van der Waals surface area contributed by atoms with Crippen LogP contribution in [-0.2, 0) is 0 Å². The maximum Gasteiger partial charge on any atom is 0.0609 e. The Kier molecular flexibility index (Phi) is 4.02. The van der Waals surface area contributed by atoms with E-state index in [4.69, 9.17) is 0 Å². The van der Waals surface area contributed by atoms with E-state index in [9.17, 15) is 0 Å². The van der Waals surface area contributed by atoms with Gasteiger partial charge in [-0.3, -0.25) is 0 Å². The summed E-state index contributed by atoms with van der Waals surface area (Å²) >= 11 is 3.66. The smallest absolute Gasteiger partial charge is 0.0609 e. The molecule has 3 heteroatoms. The molecule has 0 bridgehead atoms. The summed E-state index contributed by atoms with van der Waals surface area (Å²) in [5, 5.41) is 5.02. The van der Waals surface area contributed by atoms with Gasteiger partial charge in [0.05, 0.1) is 11.0 Å². The number of hydrogen-bond donors (Lipinski definition) is 2. The molecule has 0 saturated carbocycles. The van der Waals surface area contributed by atoms with Crippen molar-refractivity contribution < 1.29 is 0 Å². The molecule has 2 aromatic heterocycles. The van der Waals surface area contributed by atoms with Crippen molar-refractivity contribution in [1.29, 1.82) is 0 Å². The molecule has 0 unspecified atom stereocenters. The molecule has 0 saturated heterocycles. The number of fused-ring (bicyclic) bond motifs is 6. The van der Waals surface area contributed by atoms with Gasteiger partial charge >= 0.3 is 0 Å². The van der Waals surface area contributed by atoms with E-state index in [0.29, 0.717) is 0 Å². The van der Waals surface area contributed by atoms with Gasteiger partial charge in [0.15, 0.2) is 0 Å². The highest BCUT2D eigenvalue weighted by Gasteiger charge is 2.11. The van der Waals surface area contributed by atoms with E-state index in [0.717, 1.165) is 15.5 Å². The number of H-pyrrole nitrogens is 2. The van der Waals surface area contributed by atoms with E-state index >= 15 is 0 Å². The van der Waals surface area contributed by atoms with Crippen LogP contribution >= 0.6 is 15.9 Å². The minimum Gasteiger partial charge on any atom is -0.354 e. The third-order valence-corrected chi connectivity index (χ3v) is 7.31. The zero-order valence-electron chi connectivity index (χ0n) is 17.7. The van der Waals surface area contributed by atoms with Gasteiger partial charge in [0, 0.05) is 42.6 Å². The minimum absolute atomic E-state index is 1.09. The standard InChI is InChI=1S/C30H19BrN2/c31-26-9-4-8-24-25-17-20(15-16-28(25)33-30(24)26)18-11-13-19(14-12-18)21-6-3-7-23-22-5-1-2-10-27(22)32-29(21)23/h1-17,32-33H. The summed E-state index contributed by atoms with van der Waals surface area (Å²) in [6.07, 6.45) is 0. The highest BCUT2D eigenvalue weighted by Crippen LogP contribution is 2.36. The average Bonchev–Trinajstić information content (AvgIpc) is 3.43. The van der Waals surface area contributed by atoms with Gasteiger partial charge in [0.1, 0.15) is 0 Å². The number of para-hydroxylation sites is 3.